The predicted octanol–water partition coefficient (Wildman–Crippen LogP) is 4.67. The third-order valence-corrected chi connectivity index (χ3v) is 4.53. The van der Waals surface area contributed by atoms with Gasteiger partial charge in [0.15, 0.2) is 0 Å². The highest BCUT2D eigenvalue weighted by atomic mass is 19.4. The Hall–Kier alpha value is -3.40. The number of halogens is 3. The van der Waals surface area contributed by atoms with Crippen LogP contribution in [-0.4, -0.2) is 54.1 Å². The fourth-order valence-corrected chi connectivity index (χ4v) is 3.00. The molecule has 0 spiro atoms. The van der Waals surface area contributed by atoms with Crippen LogP contribution in [-0.2, 0) is 6.18 Å². The van der Waals surface area contributed by atoms with Crippen molar-refractivity contribution in [3.8, 4) is 17.0 Å². The molecule has 0 saturated carbocycles. The Kier molecular flexibility index (Phi) is 7.47. The molecule has 0 unspecified atom stereocenters. The smallest absolute Gasteiger partial charge is 0.420 e. The summed E-state index contributed by atoms with van der Waals surface area (Å²) in [6.45, 7) is 1.54. The van der Waals surface area contributed by atoms with Gasteiger partial charge in [-0.3, -0.25) is 4.98 Å². The minimum absolute atomic E-state index is 0.229. The number of methoxy groups -OCH3 is 1. The Bertz CT molecular complexity index is 1030. The summed E-state index contributed by atoms with van der Waals surface area (Å²) >= 11 is 0. The molecular formula is C22H25F3N6O. The Labute approximate surface area is 184 Å². The minimum atomic E-state index is -4.55. The molecule has 2 heterocycles. The molecule has 2 N–H and O–H groups in total. The maximum Gasteiger partial charge on any atom is 0.420 e. The first-order valence-electron chi connectivity index (χ1n) is 9.96. The van der Waals surface area contributed by atoms with Crippen LogP contribution < -0.4 is 15.4 Å². The topological polar surface area (TPSA) is 75.2 Å². The highest BCUT2D eigenvalue weighted by molar-refractivity contribution is 5.67. The van der Waals surface area contributed by atoms with E-state index in [9.17, 15) is 13.2 Å². The van der Waals surface area contributed by atoms with Crippen molar-refractivity contribution < 1.29 is 17.9 Å². The zero-order valence-corrected chi connectivity index (χ0v) is 18.1. The van der Waals surface area contributed by atoms with Crippen molar-refractivity contribution >= 4 is 17.5 Å². The van der Waals surface area contributed by atoms with Gasteiger partial charge < -0.3 is 20.3 Å². The minimum Gasteiger partial charge on any atom is -0.496 e. The van der Waals surface area contributed by atoms with Crippen molar-refractivity contribution in [3.63, 3.8) is 0 Å². The van der Waals surface area contributed by atoms with Crippen molar-refractivity contribution in [3.05, 3.63) is 54.4 Å². The SMILES string of the molecule is COc1ccc(Nc2cc(-c3cccnc3)nc(NCCCN(C)C)n2)cc1C(F)(F)F. The molecule has 3 rings (SSSR count). The van der Waals surface area contributed by atoms with Crippen molar-refractivity contribution in [2.24, 2.45) is 0 Å². The van der Waals surface area contributed by atoms with Gasteiger partial charge in [0.1, 0.15) is 11.6 Å². The largest absolute Gasteiger partial charge is 0.496 e. The molecule has 0 bridgehead atoms. The molecule has 10 heteroatoms. The molecule has 0 amide bonds. The summed E-state index contributed by atoms with van der Waals surface area (Å²) in [4.78, 5) is 15.1. The van der Waals surface area contributed by atoms with Gasteiger partial charge in [-0.15, -0.1) is 0 Å². The summed E-state index contributed by atoms with van der Waals surface area (Å²) in [5.41, 5.74) is 0.719. The quantitative estimate of drug-likeness (QED) is 0.463. The van der Waals surface area contributed by atoms with Crippen LogP contribution in [0.25, 0.3) is 11.3 Å². The Balaban J connectivity index is 1.90. The summed E-state index contributed by atoms with van der Waals surface area (Å²) in [5, 5.41) is 6.13. The van der Waals surface area contributed by atoms with E-state index >= 15 is 0 Å². The fourth-order valence-electron chi connectivity index (χ4n) is 3.00. The van der Waals surface area contributed by atoms with Crippen LogP contribution in [0.2, 0.25) is 0 Å². The van der Waals surface area contributed by atoms with Gasteiger partial charge in [0, 0.05) is 36.3 Å². The molecule has 0 fully saturated rings. The number of pyridine rings is 1. The standard InChI is InChI=1S/C22H25F3N6O/c1-31(2)11-5-10-27-21-29-18(15-6-4-9-26-14-15)13-20(30-21)28-16-7-8-19(32-3)17(12-16)22(23,24)25/h4,6-9,12-14H,5,10-11H2,1-3H3,(H2,27,28,29,30). The van der Waals surface area contributed by atoms with Gasteiger partial charge in [-0.25, -0.2) is 4.98 Å². The van der Waals surface area contributed by atoms with Gasteiger partial charge in [-0.05, 0) is 57.4 Å². The Morgan fingerprint density at radius 2 is 1.91 bits per heavy atom. The number of hydrogen-bond acceptors (Lipinski definition) is 7. The van der Waals surface area contributed by atoms with E-state index in [0.717, 1.165) is 24.6 Å². The number of nitrogens with zero attached hydrogens (tertiary/aromatic N) is 4. The first-order valence-corrected chi connectivity index (χ1v) is 9.96. The number of aromatic nitrogens is 3. The summed E-state index contributed by atoms with van der Waals surface area (Å²) in [6, 6.07) is 9.07. The van der Waals surface area contributed by atoms with E-state index < -0.39 is 11.7 Å². The molecular weight excluding hydrogens is 421 g/mol. The number of nitrogens with one attached hydrogen (secondary N) is 2. The number of anilines is 3. The molecule has 1 aromatic carbocycles. The van der Waals surface area contributed by atoms with Crippen molar-refractivity contribution in [2.45, 2.75) is 12.6 Å². The van der Waals surface area contributed by atoms with Gasteiger partial charge in [0.25, 0.3) is 0 Å². The predicted molar refractivity (Wildman–Crippen MR) is 118 cm³/mol. The van der Waals surface area contributed by atoms with E-state index in [-0.39, 0.29) is 11.4 Å². The van der Waals surface area contributed by atoms with Gasteiger partial charge in [-0.1, -0.05) is 0 Å². The highest BCUT2D eigenvalue weighted by Gasteiger charge is 2.34. The van der Waals surface area contributed by atoms with Crippen LogP contribution >= 0.6 is 0 Å². The third kappa shape index (κ3) is 6.30. The molecule has 0 saturated heterocycles. The first-order chi connectivity index (χ1) is 15.3. The summed E-state index contributed by atoms with van der Waals surface area (Å²) in [6.07, 6.45) is -0.351. The highest BCUT2D eigenvalue weighted by Crippen LogP contribution is 2.38. The number of hydrogen-bond donors (Lipinski definition) is 2. The second kappa shape index (κ2) is 10.3. The second-order valence-electron chi connectivity index (χ2n) is 7.33. The zero-order valence-electron chi connectivity index (χ0n) is 18.1. The van der Waals surface area contributed by atoms with E-state index in [2.05, 4.69) is 30.5 Å². The monoisotopic (exact) mass is 446 g/mol. The van der Waals surface area contributed by atoms with Crippen LogP contribution in [0.5, 0.6) is 5.75 Å². The molecule has 0 radical (unpaired) electrons. The fraction of sp³-hybridized carbons (Fsp3) is 0.318. The lowest BCUT2D eigenvalue weighted by atomic mass is 10.1. The number of alkyl halides is 3. The van der Waals surface area contributed by atoms with Gasteiger partial charge >= 0.3 is 6.18 Å². The number of rotatable bonds is 9. The maximum atomic E-state index is 13.4. The van der Waals surface area contributed by atoms with Crippen LogP contribution in [0, 0.1) is 0 Å². The summed E-state index contributed by atoms with van der Waals surface area (Å²) in [5.74, 6) is 0.481. The molecule has 0 aliphatic rings. The molecule has 7 nitrogen and oxygen atoms in total. The van der Waals surface area contributed by atoms with Crippen molar-refractivity contribution in [2.75, 3.05) is 44.9 Å². The molecule has 0 atom stereocenters. The molecule has 0 aliphatic heterocycles. The lowest BCUT2D eigenvalue weighted by Gasteiger charge is -2.15. The third-order valence-electron chi connectivity index (χ3n) is 4.53. The lowest BCUT2D eigenvalue weighted by molar-refractivity contribution is -0.138. The molecule has 0 aliphatic carbocycles. The van der Waals surface area contributed by atoms with Crippen LogP contribution in [0.3, 0.4) is 0 Å². The second-order valence-corrected chi connectivity index (χ2v) is 7.33. The molecule has 2 aromatic heterocycles. The van der Waals surface area contributed by atoms with Crippen LogP contribution in [0.15, 0.2) is 48.8 Å². The summed E-state index contributed by atoms with van der Waals surface area (Å²) < 4.78 is 45.0. The van der Waals surface area contributed by atoms with Gasteiger partial charge in [0.05, 0.1) is 18.4 Å². The van der Waals surface area contributed by atoms with E-state index in [1.165, 1.54) is 19.2 Å². The summed E-state index contributed by atoms with van der Waals surface area (Å²) in [7, 11) is 5.19. The van der Waals surface area contributed by atoms with Crippen molar-refractivity contribution in [1.82, 2.24) is 19.9 Å². The average molecular weight is 446 g/mol. The van der Waals surface area contributed by atoms with Crippen LogP contribution in [0.1, 0.15) is 12.0 Å². The van der Waals surface area contributed by atoms with E-state index in [0.29, 0.717) is 24.0 Å². The van der Waals surface area contributed by atoms with Gasteiger partial charge in [0.2, 0.25) is 5.95 Å². The molecule has 170 valence electrons. The number of benzene rings is 1. The van der Waals surface area contributed by atoms with E-state index in [1.807, 2.05) is 20.2 Å². The normalized spacial score (nSPS) is 11.5. The van der Waals surface area contributed by atoms with Gasteiger partial charge in [-0.2, -0.15) is 18.2 Å². The number of ether oxygens (including phenoxy) is 1. The zero-order chi connectivity index (χ0) is 23.1. The van der Waals surface area contributed by atoms with Crippen molar-refractivity contribution in [1.29, 1.82) is 0 Å². The molecule has 32 heavy (non-hydrogen) atoms. The lowest BCUT2D eigenvalue weighted by Crippen LogP contribution is -2.17. The first kappa shape index (κ1) is 23.3. The molecule has 3 aromatic rings. The maximum absolute atomic E-state index is 13.4. The van der Waals surface area contributed by atoms with E-state index in [1.54, 1.807) is 24.5 Å². The van der Waals surface area contributed by atoms with E-state index in [4.69, 9.17) is 4.74 Å². The Morgan fingerprint density at radius 1 is 1.09 bits per heavy atom. The van der Waals surface area contributed by atoms with Crippen LogP contribution in [0.4, 0.5) is 30.6 Å². The Morgan fingerprint density at radius 3 is 2.56 bits per heavy atom. The average Bonchev–Trinajstić information content (AvgIpc) is 2.76.